The Bertz CT molecular complexity index is 529. The van der Waals surface area contributed by atoms with E-state index < -0.39 is 0 Å². The Morgan fingerprint density at radius 1 is 1.20 bits per heavy atom. The van der Waals surface area contributed by atoms with Crippen LogP contribution in [0.3, 0.4) is 0 Å². The van der Waals surface area contributed by atoms with Crippen molar-refractivity contribution in [2.75, 3.05) is 32.7 Å². The van der Waals surface area contributed by atoms with Gasteiger partial charge in [-0.3, -0.25) is 0 Å². The minimum absolute atomic E-state index is 0.602. The van der Waals surface area contributed by atoms with Crippen molar-refractivity contribution in [1.82, 2.24) is 20.2 Å². The number of hydrogen-bond acceptors (Lipinski definition) is 6. The van der Waals surface area contributed by atoms with Crippen molar-refractivity contribution in [3.63, 3.8) is 0 Å². The first-order chi connectivity index (χ1) is 9.83. The quantitative estimate of drug-likeness (QED) is 0.571. The van der Waals surface area contributed by atoms with Gasteiger partial charge in [0.05, 0.1) is 13.2 Å². The van der Waals surface area contributed by atoms with E-state index in [9.17, 15) is 0 Å². The topological polar surface area (TPSA) is 88.1 Å². The number of nitrogens with two attached hydrogens (primary N) is 1. The molecule has 0 aliphatic heterocycles. The molecule has 1 heterocycles. The fourth-order valence-electron chi connectivity index (χ4n) is 1.81. The van der Waals surface area contributed by atoms with Gasteiger partial charge in [0.15, 0.2) is 5.82 Å². The molecule has 1 aromatic carbocycles. The Balaban J connectivity index is 1.91. The Labute approximate surface area is 117 Å². The van der Waals surface area contributed by atoms with Gasteiger partial charge in [-0.25, -0.2) is 4.68 Å². The number of aromatic nitrogens is 4. The first kappa shape index (κ1) is 14.4. The molecular weight excluding hydrogens is 258 g/mol. The van der Waals surface area contributed by atoms with Crippen molar-refractivity contribution in [3.8, 4) is 11.4 Å². The summed E-state index contributed by atoms with van der Waals surface area (Å²) in [5, 5.41) is 11.7. The Morgan fingerprint density at radius 3 is 2.85 bits per heavy atom. The van der Waals surface area contributed by atoms with Crippen molar-refractivity contribution < 1.29 is 9.47 Å². The number of aryl methyl sites for hydroxylation is 1. The van der Waals surface area contributed by atoms with Gasteiger partial charge < -0.3 is 15.2 Å². The van der Waals surface area contributed by atoms with Gasteiger partial charge in [0, 0.05) is 31.5 Å². The van der Waals surface area contributed by atoms with Crippen molar-refractivity contribution in [2.45, 2.75) is 13.0 Å². The largest absolute Gasteiger partial charge is 0.398 e. The summed E-state index contributed by atoms with van der Waals surface area (Å²) in [6, 6.07) is 7.55. The maximum absolute atomic E-state index is 5.94. The van der Waals surface area contributed by atoms with Gasteiger partial charge in [-0.2, -0.15) is 0 Å². The molecule has 0 aliphatic rings. The Morgan fingerprint density at radius 2 is 2.05 bits per heavy atom. The van der Waals surface area contributed by atoms with Gasteiger partial charge in [0.2, 0.25) is 0 Å². The molecule has 7 nitrogen and oxygen atoms in total. The highest BCUT2D eigenvalue weighted by Gasteiger charge is 2.10. The van der Waals surface area contributed by atoms with Gasteiger partial charge >= 0.3 is 0 Å². The second-order valence-corrected chi connectivity index (χ2v) is 4.27. The van der Waals surface area contributed by atoms with E-state index in [2.05, 4.69) is 15.5 Å². The minimum Gasteiger partial charge on any atom is -0.398 e. The van der Waals surface area contributed by atoms with Crippen molar-refractivity contribution >= 4 is 5.69 Å². The number of rotatable bonds is 8. The summed E-state index contributed by atoms with van der Waals surface area (Å²) >= 11 is 0. The second kappa shape index (κ2) is 7.56. The van der Waals surface area contributed by atoms with Crippen LogP contribution in [0.2, 0.25) is 0 Å². The van der Waals surface area contributed by atoms with Crippen LogP contribution in [0.15, 0.2) is 24.3 Å². The van der Waals surface area contributed by atoms with Crippen molar-refractivity contribution in [2.24, 2.45) is 0 Å². The lowest BCUT2D eigenvalue weighted by Gasteiger charge is -2.07. The summed E-state index contributed by atoms with van der Waals surface area (Å²) in [5.41, 5.74) is 7.45. The molecule has 108 valence electrons. The van der Waals surface area contributed by atoms with E-state index in [1.165, 1.54) is 0 Å². The van der Waals surface area contributed by atoms with Crippen LogP contribution in [-0.2, 0) is 16.0 Å². The number of tetrazole rings is 1. The predicted octanol–water partition coefficient (Wildman–Crippen LogP) is 0.975. The van der Waals surface area contributed by atoms with E-state index in [1.807, 2.05) is 24.3 Å². The third kappa shape index (κ3) is 3.75. The molecular formula is C13H19N5O2. The molecule has 7 heteroatoms. The van der Waals surface area contributed by atoms with Gasteiger partial charge in [-0.15, -0.1) is 5.10 Å². The SMILES string of the molecule is COCCOCCCn1nnnc1-c1ccccc1N. The Kier molecular flexibility index (Phi) is 5.45. The number of ether oxygens (including phenoxy) is 2. The minimum atomic E-state index is 0.602. The fraction of sp³-hybridized carbons (Fsp3) is 0.462. The third-order valence-corrected chi connectivity index (χ3v) is 2.82. The lowest BCUT2D eigenvalue weighted by Crippen LogP contribution is -2.09. The number of hydrogen-bond donors (Lipinski definition) is 1. The van der Waals surface area contributed by atoms with E-state index in [4.69, 9.17) is 15.2 Å². The maximum Gasteiger partial charge on any atom is 0.184 e. The zero-order valence-corrected chi connectivity index (χ0v) is 11.5. The molecule has 0 saturated carbocycles. The molecule has 1 aromatic heterocycles. The molecule has 2 aromatic rings. The zero-order valence-electron chi connectivity index (χ0n) is 11.5. The third-order valence-electron chi connectivity index (χ3n) is 2.82. The van der Waals surface area contributed by atoms with Crippen LogP contribution >= 0.6 is 0 Å². The molecule has 0 amide bonds. The first-order valence-electron chi connectivity index (χ1n) is 6.50. The summed E-state index contributed by atoms with van der Waals surface area (Å²) in [6.45, 7) is 2.54. The number of anilines is 1. The van der Waals surface area contributed by atoms with Gasteiger partial charge in [0.1, 0.15) is 0 Å². The molecule has 2 N–H and O–H groups in total. The van der Waals surface area contributed by atoms with Crippen molar-refractivity contribution in [1.29, 1.82) is 0 Å². The highest BCUT2D eigenvalue weighted by molar-refractivity contribution is 5.70. The van der Waals surface area contributed by atoms with E-state index >= 15 is 0 Å². The normalized spacial score (nSPS) is 10.8. The zero-order chi connectivity index (χ0) is 14.2. The molecule has 0 bridgehead atoms. The van der Waals surface area contributed by atoms with E-state index in [-0.39, 0.29) is 0 Å². The van der Waals surface area contributed by atoms with Crippen LogP contribution in [0.1, 0.15) is 6.42 Å². The molecule has 0 atom stereocenters. The van der Waals surface area contributed by atoms with Crippen LogP contribution < -0.4 is 5.73 Å². The number of nitrogens with zero attached hydrogens (tertiary/aromatic N) is 4. The smallest absolute Gasteiger partial charge is 0.184 e. The monoisotopic (exact) mass is 277 g/mol. The average Bonchev–Trinajstić information content (AvgIpc) is 2.91. The maximum atomic E-state index is 5.94. The van der Waals surface area contributed by atoms with Crippen LogP contribution in [0.4, 0.5) is 5.69 Å². The highest BCUT2D eigenvalue weighted by atomic mass is 16.5. The standard InChI is InChI=1S/C13H19N5O2/c1-19-9-10-20-8-4-7-18-13(15-16-17-18)11-5-2-3-6-12(11)14/h2-3,5-6H,4,7-10,14H2,1H3. The van der Waals surface area contributed by atoms with Crippen LogP contribution in [0.25, 0.3) is 11.4 Å². The summed E-state index contributed by atoms with van der Waals surface area (Å²) < 4.78 is 12.1. The molecule has 20 heavy (non-hydrogen) atoms. The molecule has 0 aliphatic carbocycles. The summed E-state index contributed by atoms with van der Waals surface area (Å²) in [7, 11) is 1.65. The van der Waals surface area contributed by atoms with E-state index in [1.54, 1.807) is 11.8 Å². The lowest BCUT2D eigenvalue weighted by molar-refractivity contribution is 0.0677. The average molecular weight is 277 g/mol. The van der Waals surface area contributed by atoms with Gasteiger partial charge in [0.25, 0.3) is 0 Å². The highest BCUT2D eigenvalue weighted by Crippen LogP contribution is 2.22. The summed E-state index contributed by atoms with van der Waals surface area (Å²) in [6.07, 6.45) is 0.828. The van der Waals surface area contributed by atoms with E-state index in [0.29, 0.717) is 37.9 Å². The van der Waals surface area contributed by atoms with Gasteiger partial charge in [-0.1, -0.05) is 12.1 Å². The number of benzene rings is 1. The predicted molar refractivity (Wildman–Crippen MR) is 75.0 cm³/mol. The van der Waals surface area contributed by atoms with E-state index in [0.717, 1.165) is 12.0 Å². The first-order valence-corrected chi connectivity index (χ1v) is 6.50. The number of methoxy groups -OCH3 is 1. The molecule has 0 saturated heterocycles. The molecule has 2 rings (SSSR count). The van der Waals surface area contributed by atoms with Crippen LogP contribution in [0, 0.1) is 0 Å². The second-order valence-electron chi connectivity index (χ2n) is 4.27. The number of nitrogen functional groups attached to an aromatic ring is 1. The molecule has 0 spiro atoms. The molecule has 0 radical (unpaired) electrons. The summed E-state index contributed by atoms with van der Waals surface area (Å²) in [4.78, 5) is 0. The van der Waals surface area contributed by atoms with Gasteiger partial charge in [-0.05, 0) is 29.0 Å². The molecule has 0 unspecified atom stereocenters. The number of para-hydroxylation sites is 1. The Hall–Kier alpha value is -1.99. The fourth-order valence-corrected chi connectivity index (χ4v) is 1.81. The lowest BCUT2D eigenvalue weighted by atomic mass is 10.1. The van der Waals surface area contributed by atoms with Crippen molar-refractivity contribution in [3.05, 3.63) is 24.3 Å². The summed E-state index contributed by atoms with van der Waals surface area (Å²) in [5.74, 6) is 0.681. The van der Waals surface area contributed by atoms with Crippen LogP contribution in [0.5, 0.6) is 0 Å². The molecule has 0 fully saturated rings. The van der Waals surface area contributed by atoms with Crippen LogP contribution in [-0.4, -0.2) is 47.1 Å².